The van der Waals surface area contributed by atoms with Crippen molar-refractivity contribution < 1.29 is 0 Å². The highest BCUT2D eigenvalue weighted by Crippen LogP contribution is 2.31. The Hall–Kier alpha value is -2.36. The van der Waals surface area contributed by atoms with Gasteiger partial charge in [0.1, 0.15) is 5.82 Å². The smallest absolute Gasteiger partial charge is 0.129 e. The van der Waals surface area contributed by atoms with E-state index in [9.17, 15) is 0 Å². The summed E-state index contributed by atoms with van der Waals surface area (Å²) in [5, 5.41) is 8.15. The Morgan fingerprint density at radius 1 is 1.10 bits per heavy atom. The highest BCUT2D eigenvalue weighted by atomic mass is 15.2. The SMILES string of the molecule is c1ccc2c(-c3cn[nH]c3)cc(N3CCCC3)nc2c1. The van der Waals surface area contributed by atoms with Crippen LogP contribution in [0.2, 0.25) is 0 Å². The second-order valence-electron chi connectivity index (χ2n) is 5.23. The van der Waals surface area contributed by atoms with Gasteiger partial charge in [-0.05, 0) is 30.5 Å². The van der Waals surface area contributed by atoms with Gasteiger partial charge in [0.25, 0.3) is 0 Å². The standard InChI is InChI=1S/C16H16N4/c1-2-6-15-13(5-1)14(12-10-17-18-11-12)9-16(19-15)20-7-3-4-8-20/h1-2,5-6,9-11H,3-4,7-8H2,(H,17,18). The van der Waals surface area contributed by atoms with Crippen LogP contribution in [0.3, 0.4) is 0 Å². The number of aromatic nitrogens is 3. The van der Waals surface area contributed by atoms with Crippen LogP contribution in [0.1, 0.15) is 12.8 Å². The summed E-state index contributed by atoms with van der Waals surface area (Å²) in [5.41, 5.74) is 3.36. The molecule has 1 aliphatic rings. The molecule has 1 fully saturated rings. The minimum absolute atomic E-state index is 1.05. The van der Waals surface area contributed by atoms with Crippen LogP contribution < -0.4 is 4.90 Å². The third-order valence-electron chi connectivity index (χ3n) is 3.94. The summed E-state index contributed by atoms with van der Waals surface area (Å²) in [7, 11) is 0. The van der Waals surface area contributed by atoms with E-state index in [2.05, 4.69) is 39.4 Å². The van der Waals surface area contributed by atoms with Crippen LogP contribution in [0, 0.1) is 0 Å². The van der Waals surface area contributed by atoms with Gasteiger partial charge < -0.3 is 4.90 Å². The molecule has 20 heavy (non-hydrogen) atoms. The molecule has 0 bridgehead atoms. The van der Waals surface area contributed by atoms with Crippen molar-refractivity contribution in [2.75, 3.05) is 18.0 Å². The molecular formula is C16H16N4. The fourth-order valence-electron chi connectivity index (χ4n) is 2.91. The first-order valence-corrected chi connectivity index (χ1v) is 7.06. The second-order valence-corrected chi connectivity index (χ2v) is 5.23. The van der Waals surface area contributed by atoms with E-state index in [0.29, 0.717) is 0 Å². The van der Waals surface area contributed by atoms with Crippen LogP contribution in [0.5, 0.6) is 0 Å². The summed E-state index contributed by atoms with van der Waals surface area (Å²) >= 11 is 0. The Balaban J connectivity index is 1.94. The molecule has 2 aromatic heterocycles. The molecule has 4 heteroatoms. The fraction of sp³-hybridized carbons (Fsp3) is 0.250. The number of H-pyrrole nitrogens is 1. The summed E-state index contributed by atoms with van der Waals surface area (Å²) in [6, 6.07) is 10.5. The van der Waals surface area contributed by atoms with Crippen LogP contribution in [-0.4, -0.2) is 28.3 Å². The van der Waals surface area contributed by atoms with Crippen molar-refractivity contribution in [3.63, 3.8) is 0 Å². The lowest BCUT2D eigenvalue weighted by molar-refractivity contribution is 0.944. The number of rotatable bonds is 2. The normalized spacial score (nSPS) is 15.1. The summed E-state index contributed by atoms with van der Waals surface area (Å²) < 4.78 is 0. The third kappa shape index (κ3) is 1.84. The van der Waals surface area contributed by atoms with Gasteiger partial charge in [0.15, 0.2) is 0 Å². The molecule has 100 valence electrons. The first-order valence-electron chi connectivity index (χ1n) is 7.06. The molecule has 3 heterocycles. The summed E-state index contributed by atoms with van der Waals surface area (Å²) in [4.78, 5) is 7.19. The lowest BCUT2D eigenvalue weighted by atomic mass is 10.0. The molecule has 1 N–H and O–H groups in total. The summed E-state index contributed by atoms with van der Waals surface area (Å²) in [6.07, 6.45) is 6.33. The van der Waals surface area contributed by atoms with Gasteiger partial charge in [-0.1, -0.05) is 18.2 Å². The van der Waals surface area contributed by atoms with Crippen LogP contribution in [0.25, 0.3) is 22.0 Å². The van der Waals surface area contributed by atoms with Crippen molar-refractivity contribution in [1.29, 1.82) is 0 Å². The Morgan fingerprint density at radius 3 is 2.75 bits per heavy atom. The predicted molar refractivity (Wildman–Crippen MR) is 80.8 cm³/mol. The third-order valence-corrected chi connectivity index (χ3v) is 3.94. The zero-order valence-electron chi connectivity index (χ0n) is 11.2. The molecule has 0 unspecified atom stereocenters. The molecule has 0 radical (unpaired) electrons. The van der Waals surface area contributed by atoms with Crippen molar-refractivity contribution in [2.24, 2.45) is 0 Å². The number of para-hydroxylation sites is 1. The zero-order valence-corrected chi connectivity index (χ0v) is 11.2. The van der Waals surface area contributed by atoms with Crippen molar-refractivity contribution in [2.45, 2.75) is 12.8 Å². The zero-order chi connectivity index (χ0) is 13.4. The van der Waals surface area contributed by atoms with Crippen molar-refractivity contribution >= 4 is 16.7 Å². The van der Waals surface area contributed by atoms with Gasteiger partial charge in [0.2, 0.25) is 0 Å². The lowest BCUT2D eigenvalue weighted by Gasteiger charge is -2.18. The highest BCUT2D eigenvalue weighted by Gasteiger charge is 2.16. The van der Waals surface area contributed by atoms with Crippen LogP contribution in [-0.2, 0) is 0 Å². The molecule has 1 saturated heterocycles. The van der Waals surface area contributed by atoms with Gasteiger partial charge in [-0.2, -0.15) is 5.10 Å². The number of pyridine rings is 1. The second kappa shape index (κ2) is 4.63. The first kappa shape index (κ1) is 11.5. The molecule has 3 aromatic rings. The Kier molecular flexibility index (Phi) is 2.66. The van der Waals surface area contributed by atoms with E-state index in [4.69, 9.17) is 4.98 Å². The van der Waals surface area contributed by atoms with E-state index < -0.39 is 0 Å². The van der Waals surface area contributed by atoms with Gasteiger partial charge in [0, 0.05) is 30.2 Å². The molecule has 4 rings (SSSR count). The number of hydrogen-bond donors (Lipinski definition) is 1. The predicted octanol–water partition coefficient (Wildman–Crippen LogP) is 3.23. The summed E-state index contributed by atoms with van der Waals surface area (Å²) in [5.74, 6) is 1.08. The van der Waals surface area contributed by atoms with Crippen LogP contribution >= 0.6 is 0 Å². The molecule has 0 atom stereocenters. The van der Waals surface area contributed by atoms with E-state index >= 15 is 0 Å². The molecule has 0 amide bonds. The lowest BCUT2D eigenvalue weighted by Crippen LogP contribution is -2.19. The maximum Gasteiger partial charge on any atom is 0.129 e. The molecular weight excluding hydrogens is 248 g/mol. The number of aromatic amines is 1. The van der Waals surface area contributed by atoms with Gasteiger partial charge >= 0.3 is 0 Å². The number of fused-ring (bicyclic) bond motifs is 1. The molecule has 1 aromatic carbocycles. The van der Waals surface area contributed by atoms with E-state index in [1.54, 1.807) is 0 Å². The van der Waals surface area contributed by atoms with E-state index in [1.807, 2.05) is 18.5 Å². The molecule has 1 aliphatic heterocycles. The average Bonchev–Trinajstić information content (AvgIpc) is 3.19. The quantitative estimate of drug-likeness (QED) is 0.773. The molecule has 0 spiro atoms. The molecule has 0 saturated carbocycles. The molecule has 4 nitrogen and oxygen atoms in total. The van der Waals surface area contributed by atoms with Gasteiger partial charge in [-0.25, -0.2) is 4.98 Å². The minimum Gasteiger partial charge on any atom is -0.357 e. The minimum atomic E-state index is 1.05. The number of anilines is 1. The van der Waals surface area contributed by atoms with Gasteiger partial charge in [-0.15, -0.1) is 0 Å². The fourth-order valence-corrected chi connectivity index (χ4v) is 2.91. The monoisotopic (exact) mass is 264 g/mol. The van der Waals surface area contributed by atoms with Crippen LogP contribution in [0.15, 0.2) is 42.7 Å². The van der Waals surface area contributed by atoms with Gasteiger partial charge in [0.05, 0.1) is 11.7 Å². The maximum atomic E-state index is 4.82. The first-order chi connectivity index (χ1) is 9.92. The van der Waals surface area contributed by atoms with Crippen LogP contribution in [0.4, 0.5) is 5.82 Å². The number of nitrogens with one attached hydrogen (secondary N) is 1. The van der Waals surface area contributed by atoms with Crippen molar-refractivity contribution in [1.82, 2.24) is 15.2 Å². The summed E-state index contributed by atoms with van der Waals surface area (Å²) in [6.45, 7) is 2.21. The number of nitrogens with zero attached hydrogens (tertiary/aromatic N) is 3. The molecule has 0 aliphatic carbocycles. The van der Waals surface area contributed by atoms with E-state index in [0.717, 1.165) is 30.0 Å². The number of hydrogen-bond acceptors (Lipinski definition) is 3. The average molecular weight is 264 g/mol. The Bertz CT molecular complexity index is 727. The number of benzene rings is 1. The topological polar surface area (TPSA) is 44.8 Å². The van der Waals surface area contributed by atoms with Crippen molar-refractivity contribution in [3.05, 3.63) is 42.7 Å². The Morgan fingerprint density at radius 2 is 1.95 bits per heavy atom. The largest absolute Gasteiger partial charge is 0.357 e. The maximum absolute atomic E-state index is 4.82. The van der Waals surface area contributed by atoms with E-state index in [1.165, 1.54) is 23.8 Å². The van der Waals surface area contributed by atoms with E-state index in [-0.39, 0.29) is 0 Å². The van der Waals surface area contributed by atoms with Crippen molar-refractivity contribution in [3.8, 4) is 11.1 Å². The Labute approximate surface area is 117 Å². The van der Waals surface area contributed by atoms with Gasteiger partial charge in [-0.3, -0.25) is 5.10 Å². The highest BCUT2D eigenvalue weighted by molar-refractivity contribution is 5.95.